The molecule has 1 saturated heterocycles. The summed E-state index contributed by atoms with van der Waals surface area (Å²) in [6.07, 6.45) is 5.12. The number of hydrogen-bond acceptors (Lipinski definition) is 6. The minimum absolute atomic E-state index is 0.0343. The largest absolute Gasteiger partial charge is 0.490 e. The molecule has 1 aromatic heterocycles. The Morgan fingerprint density at radius 2 is 1.68 bits per heavy atom. The molecule has 3 heterocycles. The Balaban J connectivity index is 1.28. The molecule has 1 amide bonds. The van der Waals surface area contributed by atoms with E-state index in [1.54, 1.807) is 34.4 Å². The van der Waals surface area contributed by atoms with E-state index >= 15 is 0 Å². The Morgan fingerprint density at radius 1 is 0.935 bits per heavy atom. The van der Waals surface area contributed by atoms with E-state index in [1.807, 2.05) is 5.38 Å². The number of aryl methyl sites for hydroxylation is 1. The van der Waals surface area contributed by atoms with Gasteiger partial charge in [0.1, 0.15) is 0 Å². The summed E-state index contributed by atoms with van der Waals surface area (Å²) >= 11 is 1.68. The molecule has 0 spiro atoms. The van der Waals surface area contributed by atoms with Crippen molar-refractivity contribution in [2.75, 3.05) is 39.4 Å². The van der Waals surface area contributed by atoms with E-state index in [2.05, 4.69) is 0 Å². The predicted octanol–water partition coefficient (Wildman–Crippen LogP) is 2.93. The molecule has 0 bridgehead atoms. The highest BCUT2D eigenvalue weighted by molar-refractivity contribution is 7.89. The first-order valence-corrected chi connectivity index (χ1v) is 13.1. The van der Waals surface area contributed by atoms with Gasteiger partial charge in [-0.05, 0) is 43.4 Å². The summed E-state index contributed by atoms with van der Waals surface area (Å²) in [5, 5.41) is 1.99. The first-order chi connectivity index (χ1) is 15.0. The number of amides is 1. The van der Waals surface area contributed by atoms with Crippen molar-refractivity contribution in [2.45, 2.75) is 37.0 Å². The number of thiophene rings is 1. The minimum Gasteiger partial charge on any atom is -0.490 e. The molecular weight excluding hydrogens is 436 g/mol. The van der Waals surface area contributed by atoms with Crippen LogP contribution in [0.15, 0.2) is 28.5 Å². The number of sulfonamides is 1. The highest BCUT2D eigenvalue weighted by Gasteiger charge is 2.32. The first-order valence-electron chi connectivity index (χ1n) is 10.8. The van der Waals surface area contributed by atoms with E-state index in [4.69, 9.17) is 9.47 Å². The third kappa shape index (κ3) is 3.94. The number of rotatable bonds is 3. The van der Waals surface area contributed by atoms with E-state index in [-0.39, 0.29) is 23.9 Å². The van der Waals surface area contributed by atoms with Gasteiger partial charge in [-0.2, -0.15) is 4.31 Å². The molecule has 0 N–H and O–H groups in total. The molecule has 9 heteroatoms. The molecule has 0 atom stereocenters. The van der Waals surface area contributed by atoms with Crippen molar-refractivity contribution < 1.29 is 22.7 Å². The van der Waals surface area contributed by atoms with Crippen molar-refractivity contribution in [3.63, 3.8) is 0 Å². The van der Waals surface area contributed by atoms with Crippen LogP contribution in [0.1, 0.15) is 40.1 Å². The molecule has 0 saturated carbocycles. The normalized spacial score (nSPS) is 19.5. The molecule has 3 aliphatic rings. The summed E-state index contributed by atoms with van der Waals surface area (Å²) in [6, 6.07) is 4.77. The Hall–Kier alpha value is -2.10. The second kappa shape index (κ2) is 8.44. The van der Waals surface area contributed by atoms with Crippen LogP contribution in [0.5, 0.6) is 11.5 Å². The van der Waals surface area contributed by atoms with Crippen LogP contribution in [-0.4, -0.2) is 62.9 Å². The third-order valence-corrected chi connectivity index (χ3v) is 9.16. The summed E-state index contributed by atoms with van der Waals surface area (Å²) in [5.74, 6) is 1.08. The number of carbonyl (C=O) groups excluding carboxylic acids is 1. The zero-order chi connectivity index (χ0) is 21.4. The van der Waals surface area contributed by atoms with E-state index < -0.39 is 10.0 Å². The number of carbonyl (C=O) groups is 1. The Labute approximate surface area is 186 Å². The summed E-state index contributed by atoms with van der Waals surface area (Å²) < 4.78 is 39.1. The van der Waals surface area contributed by atoms with Crippen molar-refractivity contribution in [3.05, 3.63) is 39.6 Å². The molecule has 7 nitrogen and oxygen atoms in total. The fourth-order valence-corrected chi connectivity index (χ4v) is 6.99. The van der Waals surface area contributed by atoms with Crippen LogP contribution in [-0.2, 0) is 22.9 Å². The highest BCUT2D eigenvalue weighted by Crippen LogP contribution is 2.34. The second-order valence-corrected chi connectivity index (χ2v) is 11.0. The molecule has 5 rings (SSSR count). The van der Waals surface area contributed by atoms with Gasteiger partial charge in [0.05, 0.1) is 23.7 Å². The quantitative estimate of drug-likeness (QED) is 0.701. The first kappa shape index (κ1) is 20.8. The van der Waals surface area contributed by atoms with Gasteiger partial charge in [0, 0.05) is 48.9 Å². The van der Waals surface area contributed by atoms with Gasteiger partial charge in [-0.15, -0.1) is 11.3 Å². The number of ether oxygens (including phenoxy) is 2. The maximum atomic E-state index is 13.2. The fraction of sp³-hybridized carbons (Fsp3) is 0.500. The smallest absolute Gasteiger partial charge is 0.255 e. The van der Waals surface area contributed by atoms with Gasteiger partial charge in [0.25, 0.3) is 5.91 Å². The second-order valence-electron chi connectivity index (χ2n) is 8.11. The van der Waals surface area contributed by atoms with Crippen LogP contribution < -0.4 is 9.47 Å². The van der Waals surface area contributed by atoms with Crippen LogP contribution in [0.2, 0.25) is 0 Å². The summed E-state index contributed by atoms with van der Waals surface area (Å²) in [7, 11) is -3.66. The zero-order valence-corrected chi connectivity index (χ0v) is 19.0. The number of nitrogens with zero attached hydrogens (tertiary/aromatic N) is 2. The van der Waals surface area contributed by atoms with Gasteiger partial charge in [-0.25, -0.2) is 8.42 Å². The van der Waals surface area contributed by atoms with Crippen molar-refractivity contribution in [1.82, 2.24) is 9.21 Å². The number of hydrogen-bond donors (Lipinski definition) is 0. The number of piperazine rings is 1. The lowest BCUT2D eigenvalue weighted by atomic mass is 9.95. The molecule has 2 aliphatic heterocycles. The van der Waals surface area contributed by atoms with Gasteiger partial charge in [-0.1, -0.05) is 0 Å². The van der Waals surface area contributed by atoms with Crippen LogP contribution >= 0.6 is 11.3 Å². The Kier molecular flexibility index (Phi) is 5.66. The van der Waals surface area contributed by atoms with Gasteiger partial charge >= 0.3 is 0 Å². The number of fused-ring (bicyclic) bond motifs is 2. The summed E-state index contributed by atoms with van der Waals surface area (Å²) in [5.41, 5.74) is 2.03. The maximum absolute atomic E-state index is 13.2. The van der Waals surface area contributed by atoms with Gasteiger partial charge in [0.15, 0.2) is 11.5 Å². The molecule has 0 unspecified atom stereocenters. The van der Waals surface area contributed by atoms with Crippen molar-refractivity contribution >= 4 is 27.3 Å². The average Bonchev–Trinajstić information content (AvgIpc) is 3.08. The molecule has 0 radical (unpaired) electrons. The SMILES string of the molecule is O=C(c1csc2c1CCCC2)N1CCN(S(=O)(=O)c2ccc3c(c2)OCCCO3)CC1. The van der Waals surface area contributed by atoms with Crippen molar-refractivity contribution in [1.29, 1.82) is 0 Å². The Morgan fingerprint density at radius 3 is 2.48 bits per heavy atom. The van der Waals surface area contributed by atoms with E-state index in [9.17, 15) is 13.2 Å². The molecule has 1 aromatic carbocycles. The van der Waals surface area contributed by atoms with E-state index in [1.165, 1.54) is 21.2 Å². The lowest BCUT2D eigenvalue weighted by molar-refractivity contribution is 0.0697. The van der Waals surface area contributed by atoms with Crippen LogP contribution in [0.25, 0.3) is 0 Å². The average molecular weight is 463 g/mol. The standard InChI is InChI=1S/C22H26N2O5S2/c25-22(18-15-30-21-5-2-1-4-17(18)21)23-8-10-24(11-9-23)31(26,27)16-6-7-19-20(14-16)29-13-3-12-28-19/h6-7,14-15H,1-5,8-13H2. The molecule has 1 fully saturated rings. The monoisotopic (exact) mass is 462 g/mol. The Bertz CT molecular complexity index is 1090. The highest BCUT2D eigenvalue weighted by atomic mass is 32.2. The third-order valence-electron chi connectivity index (χ3n) is 6.17. The maximum Gasteiger partial charge on any atom is 0.255 e. The van der Waals surface area contributed by atoms with Crippen LogP contribution in [0.4, 0.5) is 0 Å². The van der Waals surface area contributed by atoms with E-state index in [0.717, 1.165) is 31.2 Å². The van der Waals surface area contributed by atoms with Gasteiger partial charge < -0.3 is 14.4 Å². The summed E-state index contributed by atoms with van der Waals surface area (Å²) in [4.78, 5) is 16.4. The topological polar surface area (TPSA) is 76.2 Å². The van der Waals surface area contributed by atoms with Crippen LogP contribution in [0.3, 0.4) is 0 Å². The lowest BCUT2D eigenvalue weighted by Crippen LogP contribution is -2.50. The fourth-order valence-electron chi connectivity index (χ4n) is 4.43. The van der Waals surface area contributed by atoms with Crippen molar-refractivity contribution in [3.8, 4) is 11.5 Å². The molecule has 31 heavy (non-hydrogen) atoms. The lowest BCUT2D eigenvalue weighted by Gasteiger charge is -2.34. The molecular formula is C22H26N2O5S2. The predicted molar refractivity (Wildman–Crippen MR) is 118 cm³/mol. The summed E-state index contributed by atoms with van der Waals surface area (Å²) in [6.45, 7) is 2.43. The van der Waals surface area contributed by atoms with Crippen molar-refractivity contribution in [2.24, 2.45) is 0 Å². The molecule has 1 aliphatic carbocycles. The van der Waals surface area contributed by atoms with Gasteiger partial charge in [0.2, 0.25) is 10.0 Å². The number of benzene rings is 1. The molecule has 2 aromatic rings. The van der Waals surface area contributed by atoms with E-state index in [0.29, 0.717) is 37.8 Å². The zero-order valence-electron chi connectivity index (χ0n) is 17.3. The van der Waals surface area contributed by atoms with Gasteiger partial charge in [-0.3, -0.25) is 4.79 Å². The molecule has 166 valence electrons. The van der Waals surface area contributed by atoms with Crippen LogP contribution in [0, 0.1) is 0 Å². The minimum atomic E-state index is -3.66.